The van der Waals surface area contributed by atoms with Crippen LogP contribution in [0.2, 0.25) is 0 Å². The lowest BCUT2D eigenvalue weighted by Crippen LogP contribution is -2.12. The van der Waals surface area contributed by atoms with E-state index in [1.54, 1.807) is 0 Å². The van der Waals surface area contributed by atoms with Gasteiger partial charge in [-0.3, -0.25) is 10.5 Å². The van der Waals surface area contributed by atoms with Crippen LogP contribution >= 0.6 is 0 Å². The monoisotopic (exact) mass is 128 g/mol. The van der Waals surface area contributed by atoms with E-state index in [0.717, 1.165) is 19.4 Å². The number of rotatable bonds is 2. The Hall–Kier alpha value is -0.570. The average molecular weight is 128 g/mol. The van der Waals surface area contributed by atoms with Crippen molar-refractivity contribution < 1.29 is 9.53 Å². The predicted molar refractivity (Wildman–Crippen MR) is 31.7 cm³/mol. The van der Waals surface area contributed by atoms with Gasteiger partial charge in [-0.25, -0.2) is 0 Å². The summed E-state index contributed by atoms with van der Waals surface area (Å²) < 4.78 is 5.12. The van der Waals surface area contributed by atoms with Crippen molar-refractivity contribution in [3.05, 3.63) is 0 Å². The van der Waals surface area contributed by atoms with E-state index in [0.29, 0.717) is 0 Å². The summed E-state index contributed by atoms with van der Waals surface area (Å²) in [5, 5.41) is 0. The van der Waals surface area contributed by atoms with Crippen molar-refractivity contribution in [2.24, 2.45) is 0 Å². The van der Waals surface area contributed by atoms with Crippen LogP contribution in [-0.2, 0) is 9.53 Å². The molecule has 51 valence electrons. The van der Waals surface area contributed by atoms with E-state index >= 15 is 0 Å². The number of amides is 1. The van der Waals surface area contributed by atoms with Crippen LogP contribution in [0.15, 0.2) is 0 Å². The SMILES string of the molecule is [NH]C(=O)CC1CCCO1. The molecule has 1 aliphatic heterocycles. The number of nitrogens with one attached hydrogen (secondary N) is 1. The zero-order valence-electron chi connectivity index (χ0n) is 5.22. The largest absolute Gasteiger partial charge is 0.378 e. The Balaban J connectivity index is 2.19. The minimum absolute atomic E-state index is 0.0509. The minimum Gasteiger partial charge on any atom is -0.378 e. The number of carbonyl (C=O) groups excluding carboxylic acids is 1. The highest BCUT2D eigenvalue weighted by atomic mass is 16.5. The van der Waals surface area contributed by atoms with Gasteiger partial charge in [0.2, 0.25) is 5.91 Å². The molecule has 0 aromatic carbocycles. The maximum Gasteiger partial charge on any atom is 0.240 e. The van der Waals surface area contributed by atoms with Crippen molar-refractivity contribution in [1.82, 2.24) is 5.73 Å². The third kappa shape index (κ3) is 2.01. The molecule has 3 nitrogen and oxygen atoms in total. The van der Waals surface area contributed by atoms with Crippen LogP contribution in [-0.4, -0.2) is 18.6 Å². The highest BCUT2D eigenvalue weighted by Gasteiger charge is 2.17. The van der Waals surface area contributed by atoms with Crippen LogP contribution in [0.1, 0.15) is 19.3 Å². The molecule has 1 atom stereocenters. The van der Waals surface area contributed by atoms with E-state index in [1.165, 1.54) is 0 Å². The van der Waals surface area contributed by atoms with Crippen molar-refractivity contribution in [3.63, 3.8) is 0 Å². The van der Waals surface area contributed by atoms with E-state index in [-0.39, 0.29) is 12.5 Å². The normalized spacial score (nSPS) is 26.4. The zero-order chi connectivity index (χ0) is 6.69. The number of ether oxygens (including phenoxy) is 1. The van der Waals surface area contributed by atoms with E-state index in [9.17, 15) is 4.79 Å². The molecular weight excluding hydrogens is 118 g/mol. The molecule has 1 amide bonds. The van der Waals surface area contributed by atoms with Gasteiger partial charge in [-0.15, -0.1) is 0 Å². The van der Waals surface area contributed by atoms with Crippen molar-refractivity contribution in [3.8, 4) is 0 Å². The molecule has 1 fully saturated rings. The van der Waals surface area contributed by atoms with Gasteiger partial charge < -0.3 is 4.74 Å². The highest BCUT2D eigenvalue weighted by molar-refractivity contribution is 5.73. The summed E-state index contributed by atoms with van der Waals surface area (Å²) in [6.45, 7) is 0.762. The Morgan fingerprint density at radius 1 is 1.78 bits per heavy atom. The number of carbonyl (C=O) groups is 1. The second-order valence-electron chi connectivity index (χ2n) is 2.26. The molecule has 0 aromatic rings. The lowest BCUT2D eigenvalue weighted by molar-refractivity contribution is -0.120. The fourth-order valence-corrected chi connectivity index (χ4v) is 1.01. The summed E-state index contributed by atoms with van der Waals surface area (Å²) in [4.78, 5) is 10.2. The van der Waals surface area contributed by atoms with Gasteiger partial charge in [0.25, 0.3) is 0 Å². The maximum absolute atomic E-state index is 10.2. The van der Waals surface area contributed by atoms with Crippen molar-refractivity contribution >= 4 is 5.91 Å². The van der Waals surface area contributed by atoms with Gasteiger partial charge >= 0.3 is 0 Å². The van der Waals surface area contributed by atoms with Crippen LogP contribution in [0.5, 0.6) is 0 Å². The summed E-state index contributed by atoms with van der Waals surface area (Å²) in [5.41, 5.74) is 6.62. The Morgan fingerprint density at radius 3 is 3.00 bits per heavy atom. The van der Waals surface area contributed by atoms with E-state index in [4.69, 9.17) is 10.5 Å². The summed E-state index contributed by atoms with van der Waals surface area (Å²) in [7, 11) is 0. The molecular formula is C6H10NO2. The van der Waals surface area contributed by atoms with Gasteiger partial charge in [-0.05, 0) is 12.8 Å². The van der Waals surface area contributed by atoms with E-state index in [1.807, 2.05) is 0 Å². The molecule has 0 aromatic heterocycles. The molecule has 3 heteroatoms. The first-order valence-corrected chi connectivity index (χ1v) is 3.15. The van der Waals surface area contributed by atoms with Crippen LogP contribution in [0.4, 0.5) is 0 Å². The second-order valence-corrected chi connectivity index (χ2v) is 2.26. The third-order valence-corrected chi connectivity index (χ3v) is 1.44. The molecule has 0 saturated carbocycles. The van der Waals surface area contributed by atoms with Crippen molar-refractivity contribution in [2.45, 2.75) is 25.4 Å². The molecule has 1 aliphatic rings. The quantitative estimate of drug-likeness (QED) is 0.539. The smallest absolute Gasteiger partial charge is 0.240 e. The Labute approximate surface area is 54.2 Å². The van der Waals surface area contributed by atoms with Crippen LogP contribution in [0.3, 0.4) is 0 Å². The van der Waals surface area contributed by atoms with Gasteiger partial charge in [0.1, 0.15) is 0 Å². The molecule has 1 N–H and O–H groups in total. The number of hydrogen-bond donors (Lipinski definition) is 0. The third-order valence-electron chi connectivity index (χ3n) is 1.44. The molecule has 1 saturated heterocycles. The first kappa shape index (κ1) is 6.55. The van der Waals surface area contributed by atoms with E-state index < -0.39 is 5.91 Å². The summed E-state index contributed by atoms with van der Waals surface area (Å²) in [6.07, 6.45) is 2.32. The van der Waals surface area contributed by atoms with Crippen LogP contribution in [0, 0.1) is 0 Å². The summed E-state index contributed by atoms with van der Waals surface area (Å²) in [5.74, 6) is -0.512. The van der Waals surface area contributed by atoms with Crippen LogP contribution in [0.25, 0.3) is 0 Å². The van der Waals surface area contributed by atoms with Gasteiger partial charge in [-0.2, -0.15) is 0 Å². The molecule has 0 aliphatic carbocycles. The molecule has 9 heavy (non-hydrogen) atoms. The minimum atomic E-state index is -0.512. The summed E-state index contributed by atoms with van der Waals surface area (Å²) >= 11 is 0. The first-order valence-electron chi connectivity index (χ1n) is 3.15. The van der Waals surface area contributed by atoms with Gasteiger partial charge in [-0.1, -0.05) is 0 Å². The second kappa shape index (κ2) is 2.82. The van der Waals surface area contributed by atoms with Crippen molar-refractivity contribution in [2.75, 3.05) is 6.61 Å². The molecule has 0 spiro atoms. The topological polar surface area (TPSA) is 50.1 Å². The Morgan fingerprint density at radius 2 is 2.56 bits per heavy atom. The zero-order valence-corrected chi connectivity index (χ0v) is 5.22. The molecule has 1 rings (SSSR count). The molecule has 0 bridgehead atoms. The van der Waals surface area contributed by atoms with Gasteiger partial charge in [0.05, 0.1) is 12.5 Å². The van der Waals surface area contributed by atoms with Gasteiger partial charge in [0, 0.05) is 6.61 Å². The van der Waals surface area contributed by atoms with Gasteiger partial charge in [0.15, 0.2) is 0 Å². The number of hydrogen-bond acceptors (Lipinski definition) is 2. The molecule has 1 unspecified atom stereocenters. The Bertz CT molecular complexity index is 108. The summed E-state index contributed by atoms with van der Waals surface area (Å²) in [6, 6.07) is 0. The lowest BCUT2D eigenvalue weighted by atomic mass is 10.2. The first-order chi connectivity index (χ1) is 4.29. The average Bonchev–Trinajstić information content (AvgIpc) is 2.15. The molecule has 1 radical (unpaired) electrons. The lowest BCUT2D eigenvalue weighted by Gasteiger charge is -2.03. The fourth-order valence-electron chi connectivity index (χ4n) is 1.01. The van der Waals surface area contributed by atoms with Crippen LogP contribution < -0.4 is 5.73 Å². The fraction of sp³-hybridized carbons (Fsp3) is 0.833. The maximum atomic E-state index is 10.2. The van der Waals surface area contributed by atoms with E-state index in [2.05, 4.69) is 0 Å². The highest BCUT2D eigenvalue weighted by Crippen LogP contribution is 2.14. The van der Waals surface area contributed by atoms with Crippen molar-refractivity contribution in [1.29, 1.82) is 0 Å². The standard InChI is InChI=1S/C6H10NO2/c7-6(8)4-5-2-1-3-9-5/h5,7H,1-4H2. The molecule has 1 heterocycles. The predicted octanol–water partition coefficient (Wildman–Crippen LogP) is 0.365. The Kier molecular flexibility index (Phi) is 2.05.